The van der Waals surface area contributed by atoms with E-state index in [0.717, 1.165) is 124 Å². The standard InChI is InChI=1S/4C14H27NO.2C13H25NO/c2*1-10(2)13-7-6-8-14(13)15(11(3)4)12(5)9-16-14;2*1-10(2)13-7-6-8-14(13)15(11(3)4)9-12(5)16-14;2*1-10(2)12-6-5-7-13(12)14(11(3)4)8-9-15-13/h4*10-13H,6-9H2,1-5H3;2*10-12H,5-9H2,1-4H3. The van der Waals surface area contributed by atoms with E-state index in [1.54, 1.807) is 0 Å². The van der Waals surface area contributed by atoms with Gasteiger partial charge in [0.1, 0.15) is 34.3 Å². The van der Waals surface area contributed by atoms with Gasteiger partial charge in [0.25, 0.3) is 0 Å². The lowest BCUT2D eigenvalue weighted by Crippen LogP contribution is -2.54. The van der Waals surface area contributed by atoms with Gasteiger partial charge in [0.05, 0.1) is 38.6 Å². The first-order chi connectivity index (χ1) is 44.1. The number of ether oxygens (including phenoxy) is 6. The van der Waals surface area contributed by atoms with E-state index >= 15 is 0 Å². The highest BCUT2D eigenvalue weighted by Crippen LogP contribution is 2.55. The smallest absolute Gasteiger partial charge is 0.125 e. The summed E-state index contributed by atoms with van der Waals surface area (Å²) in [5.41, 5.74) is 0.484. The van der Waals surface area contributed by atoms with Crippen molar-refractivity contribution in [2.24, 2.45) is 71.0 Å². The molecule has 12 fully saturated rings. The molecule has 6 aliphatic carbocycles. The number of hydrogen-bond acceptors (Lipinski definition) is 12. The fourth-order valence-corrected chi connectivity index (χ4v) is 23.2. The van der Waals surface area contributed by atoms with E-state index < -0.39 is 0 Å². The van der Waals surface area contributed by atoms with Gasteiger partial charge in [-0.1, -0.05) is 83.1 Å². The summed E-state index contributed by atoms with van der Waals surface area (Å²) in [6.07, 6.45) is 24.3. The molecule has 6 saturated carbocycles. The van der Waals surface area contributed by atoms with Crippen molar-refractivity contribution in [2.75, 3.05) is 52.6 Å². The van der Waals surface area contributed by atoms with Crippen molar-refractivity contribution in [1.29, 1.82) is 0 Å². The third-order valence-corrected chi connectivity index (χ3v) is 26.2. The zero-order valence-corrected chi connectivity index (χ0v) is 67.2. The predicted molar refractivity (Wildman–Crippen MR) is 395 cm³/mol. The molecule has 6 aliphatic heterocycles. The molecule has 0 bridgehead atoms. The lowest BCUT2D eigenvalue weighted by molar-refractivity contribution is -0.145. The van der Waals surface area contributed by atoms with Gasteiger partial charge in [0.15, 0.2) is 0 Å². The topological polar surface area (TPSA) is 74.8 Å². The number of hydrogen-bond donors (Lipinski definition) is 0. The Kier molecular flexibility index (Phi) is 29.0. The van der Waals surface area contributed by atoms with Crippen molar-refractivity contribution in [1.82, 2.24) is 29.4 Å². The number of rotatable bonds is 12. The fourth-order valence-electron chi connectivity index (χ4n) is 23.2. The van der Waals surface area contributed by atoms with Gasteiger partial charge < -0.3 is 28.4 Å². The van der Waals surface area contributed by atoms with Crippen LogP contribution in [0.2, 0.25) is 0 Å². The third-order valence-electron chi connectivity index (χ3n) is 26.2. The highest BCUT2D eigenvalue weighted by Gasteiger charge is 2.60. The minimum atomic E-state index is 0.0712. The maximum Gasteiger partial charge on any atom is 0.125 e. The highest BCUT2D eigenvalue weighted by molar-refractivity contribution is 5.06. The van der Waals surface area contributed by atoms with Crippen LogP contribution in [0.25, 0.3) is 0 Å². The van der Waals surface area contributed by atoms with Gasteiger partial charge in [-0.3, -0.25) is 29.4 Å². The summed E-state index contributed by atoms with van der Waals surface area (Å²) in [5.74, 6) is 8.77. The molecule has 6 saturated heterocycles. The van der Waals surface area contributed by atoms with Crippen LogP contribution in [-0.4, -0.2) is 177 Å². The second-order valence-electron chi connectivity index (χ2n) is 36.5. The van der Waals surface area contributed by atoms with Gasteiger partial charge >= 0.3 is 0 Å². The minimum absolute atomic E-state index is 0.0712. The van der Waals surface area contributed by atoms with E-state index in [0.29, 0.717) is 60.5 Å². The molecule has 16 unspecified atom stereocenters. The summed E-state index contributed by atoms with van der Waals surface area (Å²) in [6.45, 7) is 73.1. The van der Waals surface area contributed by atoms with Crippen LogP contribution >= 0.6 is 0 Å². The Bertz CT molecular complexity index is 2000. The normalized spacial score (nSPS) is 39.7. The summed E-state index contributed by atoms with van der Waals surface area (Å²) in [7, 11) is 0. The van der Waals surface area contributed by atoms with Crippen molar-refractivity contribution in [3.63, 3.8) is 0 Å². The SMILES string of the molecule is CC(C)C1CCCC12OCC(C)N2C(C)C.CC(C)C1CCCC12OCC(C)N2C(C)C.CC(C)C1CCCC12OCCN2C(C)C.CC(C)C1CCCC12OCCN2C(C)C.CC1CN(C(C)C)C2(CCCC2C(C)C)O1.CC1CN(C(C)C)C2(CCCC2C(C)C)O1. The first-order valence-corrected chi connectivity index (χ1v) is 40.6. The molecule has 552 valence electrons. The minimum Gasteiger partial charge on any atom is -0.359 e. The third kappa shape index (κ3) is 16.4. The predicted octanol–water partition coefficient (Wildman–Crippen LogP) is 18.8. The molecule has 0 aromatic carbocycles. The maximum atomic E-state index is 6.38. The van der Waals surface area contributed by atoms with Gasteiger partial charge in [-0.05, 0) is 262 Å². The molecule has 0 radical (unpaired) electrons. The molecule has 12 aliphatic rings. The second-order valence-corrected chi connectivity index (χ2v) is 36.5. The van der Waals surface area contributed by atoms with Gasteiger partial charge in [0.2, 0.25) is 0 Å². The average Bonchev–Trinajstić information content (AvgIpc) is 1.65. The van der Waals surface area contributed by atoms with Gasteiger partial charge in [-0.2, -0.15) is 0 Å². The monoisotopic (exact) mass is 1320 g/mol. The van der Waals surface area contributed by atoms with Gasteiger partial charge in [-0.25, -0.2) is 0 Å². The van der Waals surface area contributed by atoms with E-state index in [-0.39, 0.29) is 34.3 Å². The maximum absolute atomic E-state index is 6.38. The molecule has 12 heteroatoms. The number of nitrogens with zero attached hydrogens (tertiary/aromatic N) is 6. The Morgan fingerprint density at radius 2 is 0.511 bits per heavy atom. The molecule has 12 rings (SSSR count). The molecule has 6 heterocycles. The Morgan fingerprint density at radius 3 is 0.755 bits per heavy atom. The molecule has 0 aromatic rings. The Labute approximate surface area is 582 Å². The summed E-state index contributed by atoms with van der Waals surface area (Å²) < 4.78 is 37.7. The van der Waals surface area contributed by atoms with Crippen LogP contribution in [0.5, 0.6) is 0 Å². The van der Waals surface area contributed by atoms with Crippen LogP contribution in [0, 0.1) is 71.0 Å². The van der Waals surface area contributed by atoms with E-state index in [1.807, 2.05) is 0 Å². The Balaban J connectivity index is 0.000000160. The van der Waals surface area contributed by atoms with Crippen LogP contribution < -0.4 is 0 Å². The molecular formula is C82H158N6O6. The summed E-state index contributed by atoms with van der Waals surface area (Å²) >= 11 is 0. The molecule has 12 nitrogen and oxygen atoms in total. The summed E-state index contributed by atoms with van der Waals surface area (Å²) in [5, 5.41) is 0. The van der Waals surface area contributed by atoms with Crippen molar-refractivity contribution in [3.8, 4) is 0 Å². The molecule has 16 atom stereocenters. The van der Waals surface area contributed by atoms with Crippen LogP contribution in [0.4, 0.5) is 0 Å². The lowest BCUT2D eigenvalue weighted by atomic mass is 9.86. The van der Waals surface area contributed by atoms with E-state index in [4.69, 9.17) is 28.4 Å². The van der Waals surface area contributed by atoms with Crippen molar-refractivity contribution in [2.45, 2.75) is 404 Å². The van der Waals surface area contributed by atoms with E-state index in [9.17, 15) is 0 Å². The van der Waals surface area contributed by atoms with Gasteiger partial charge in [-0.15, -0.1) is 0 Å². The summed E-state index contributed by atoms with van der Waals surface area (Å²) in [6, 6.07) is 4.79. The van der Waals surface area contributed by atoms with Crippen LogP contribution in [0.3, 0.4) is 0 Å². The van der Waals surface area contributed by atoms with Crippen LogP contribution in [-0.2, 0) is 28.4 Å². The van der Waals surface area contributed by atoms with Crippen LogP contribution in [0.15, 0.2) is 0 Å². The molecule has 0 N–H and O–H groups in total. The molecule has 6 spiro atoms. The van der Waals surface area contributed by atoms with E-state index in [2.05, 4.69) is 223 Å². The first kappa shape index (κ1) is 80.8. The first-order valence-electron chi connectivity index (χ1n) is 40.6. The largest absolute Gasteiger partial charge is 0.359 e. The molecule has 0 aromatic heterocycles. The Hall–Kier alpha value is -0.480. The lowest BCUT2D eigenvalue weighted by Gasteiger charge is -2.44. The zero-order valence-electron chi connectivity index (χ0n) is 67.2. The molecule has 0 amide bonds. The molecule has 94 heavy (non-hydrogen) atoms. The van der Waals surface area contributed by atoms with Crippen molar-refractivity contribution >= 4 is 0 Å². The highest BCUT2D eigenvalue weighted by atomic mass is 16.6. The summed E-state index contributed by atoms with van der Waals surface area (Å²) in [4.78, 5) is 15.7. The van der Waals surface area contributed by atoms with Crippen molar-refractivity contribution < 1.29 is 28.4 Å². The van der Waals surface area contributed by atoms with Gasteiger partial charge in [0, 0.05) is 110 Å². The second kappa shape index (κ2) is 33.8. The molecular weight excluding hydrogens is 1160 g/mol. The van der Waals surface area contributed by atoms with Crippen molar-refractivity contribution in [3.05, 3.63) is 0 Å². The fraction of sp³-hybridized carbons (Fsp3) is 1.00. The average molecular weight is 1320 g/mol. The zero-order chi connectivity index (χ0) is 69.8. The van der Waals surface area contributed by atoms with E-state index in [1.165, 1.54) is 116 Å². The quantitative estimate of drug-likeness (QED) is 0.187. The Morgan fingerprint density at radius 1 is 0.277 bits per heavy atom. The van der Waals surface area contributed by atoms with Crippen LogP contribution in [0.1, 0.15) is 309 Å².